The second-order valence-corrected chi connectivity index (χ2v) is 4.91. The third kappa shape index (κ3) is 4.24. The molecule has 0 unspecified atom stereocenters. The number of carboxylic acids is 1. The molecule has 0 bridgehead atoms. The van der Waals surface area contributed by atoms with Crippen molar-refractivity contribution in [3.8, 4) is 0 Å². The molecule has 0 radical (unpaired) electrons. The minimum atomic E-state index is -0.906. The second-order valence-electron chi connectivity index (χ2n) is 4.91. The van der Waals surface area contributed by atoms with Crippen LogP contribution in [0.5, 0.6) is 0 Å². The van der Waals surface area contributed by atoms with Crippen molar-refractivity contribution in [2.45, 2.75) is 38.2 Å². The van der Waals surface area contributed by atoms with E-state index in [0.717, 1.165) is 12.8 Å². The van der Waals surface area contributed by atoms with E-state index < -0.39 is 5.97 Å². The molecule has 0 aromatic heterocycles. The molecule has 1 aromatic rings. The summed E-state index contributed by atoms with van der Waals surface area (Å²) in [5.41, 5.74) is 0.961. The Balaban J connectivity index is 1.74. The lowest BCUT2D eigenvalue weighted by Gasteiger charge is -2.22. The van der Waals surface area contributed by atoms with E-state index in [1.165, 1.54) is 19.3 Å². The van der Waals surface area contributed by atoms with Crippen LogP contribution in [-0.4, -0.2) is 30.3 Å². The van der Waals surface area contributed by atoms with E-state index in [1.54, 1.807) is 18.2 Å². The zero-order valence-electron chi connectivity index (χ0n) is 11.1. The summed E-state index contributed by atoms with van der Waals surface area (Å²) in [7, 11) is 0. The number of aromatic carboxylic acids is 1. The van der Waals surface area contributed by atoms with Crippen LogP contribution < -0.4 is 5.32 Å². The molecule has 4 nitrogen and oxygen atoms in total. The molecule has 2 N–H and O–H groups in total. The van der Waals surface area contributed by atoms with Crippen LogP contribution >= 0.6 is 0 Å². The first kappa shape index (κ1) is 13.9. The first-order valence-corrected chi connectivity index (χ1v) is 6.95. The average Bonchev–Trinajstić information content (AvgIpc) is 2.45. The van der Waals surface area contributed by atoms with Gasteiger partial charge in [-0.3, -0.25) is 0 Å². The highest BCUT2D eigenvalue weighted by Gasteiger charge is 2.13. The number of hydrogen-bond acceptors (Lipinski definition) is 3. The Bertz CT molecular complexity index is 414. The first-order chi connectivity index (χ1) is 9.27. The molecule has 0 saturated heterocycles. The van der Waals surface area contributed by atoms with Crippen molar-refractivity contribution in [3.63, 3.8) is 0 Å². The van der Waals surface area contributed by atoms with E-state index in [4.69, 9.17) is 9.84 Å². The van der Waals surface area contributed by atoms with Crippen LogP contribution in [0.15, 0.2) is 24.3 Å². The predicted molar refractivity (Wildman–Crippen MR) is 74.7 cm³/mol. The van der Waals surface area contributed by atoms with Crippen molar-refractivity contribution < 1.29 is 14.6 Å². The number of carboxylic acid groups (broad SMARTS) is 1. The van der Waals surface area contributed by atoms with Crippen molar-refractivity contribution in [2.24, 2.45) is 0 Å². The highest BCUT2D eigenvalue weighted by atomic mass is 16.5. The largest absolute Gasteiger partial charge is 0.478 e. The van der Waals surface area contributed by atoms with Gasteiger partial charge in [0.15, 0.2) is 0 Å². The Morgan fingerprint density at radius 3 is 2.74 bits per heavy atom. The SMILES string of the molecule is O=C(O)c1ccccc1NCCOC1CCCCC1. The number of para-hydroxylation sites is 1. The van der Waals surface area contributed by atoms with Crippen LogP contribution in [0, 0.1) is 0 Å². The van der Waals surface area contributed by atoms with E-state index in [1.807, 2.05) is 6.07 Å². The van der Waals surface area contributed by atoms with E-state index in [9.17, 15) is 4.79 Å². The van der Waals surface area contributed by atoms with Gasteiger partial charge in [-0.2, -0.15) is 0 Å². The second kappa shape index (κ2) is 7.14. The van der Waals surface area contributed by atoms with E-state index in [-0.39, 0.29) is 0 Å². The fourth-order valence-electron chi connectivity index (χ4n) is 2.47. The summed E-state index contributed by atoms with van der Waals surface area (Å²) >= 11 is 0. The molecule has 19 heavy (non-hydrogen) atoms. The molecule has 0 spiro atoms. The summed E-state index contributed by atoms with van der Waals surface area (Å²) in [5, 5.41) is 12.2. The van der Waals surface area contributed by atoms with Crippen LogP contribution in [-0.2, 0) is 4.74 Å². The highest BCUT2D eigenvalue weighted by molar-refractivity contribution is 5.94. The lowest BCUT2D eigenvalue weighted by atomic mass is 9.98. The lowest BCUT2D eigenvalue weighted by molar-refractivity contribution is 0.0347. The molecule has 0 aliphatic heterocycles. The summed E-state index contributed by atoms with van der Waals surface area (Å²) in [6, 6.07) is 6.95. The number of rotatable bonds is 6. The number of anilines is 1. The van der Waals surface area contributed by atoms with Crippen molar-refractivity contribution >= 4 is 11.7 Å². The quantitative estimate of drug-likeness (QED) is 0.774. The number of nitrogens with one attached hydrogen (secondary N) is 1. The number of hydrogen-bond donors (Lipinski definition) is 2. The third-order valence-corrected chi connectivity index (χ3v) is 3.48. The summed E-state index contributed by atoms with van der Waals surface area (Å²) in [4.78, 5) is 11.0. The maximum absolute atomic E-state index is 11.0. The molecular weight excluding hydrogens is 242 g/mol. The fourth-order valence-corrected chi connectivity index (χ4v) is 2.47. The van der Waals surface area contributed by atoms with Crippen molar-refractivity contribution in [1.82, 2.24) is 0 Å². The monoisotopic (exact) mass is 263 g/mol. The Morgan fingerprint density at radius 2 is 2.00 bits per heavy atom. The lowest BCUT2D eigenvalue weighted by Crippen LogP contribution is -2.21. The minimum absolute atomic E-state index is 0.306. The van der Waals surface area contributed by atoms with Gasteiger partial charge in [0, 0.05) is 12.2 Å². The number of ether oxygens (including phenoxy) is 1. The van der Waals surface area contributed by atoms with Gasteiger partial charge in [-0.25, -0.2) is 4.79 Å². The van der Waals surface area contributed by atoms with Crippen LogP contribution in [0.2, 0.25) is 0 Å². The molecule has 104 valence electrons. The maximum atomic E-state index is 11.0. The molecule has 0 atom stereocenters. The standard InChI is InChI=1S/C15H21NO3/c17-15(18)13-8-4-5-9-14(13)16-10-11-19-12-6-2-1-3-7-12/h4-5,8-9,12,16H,1-3,6-7,10-11H2,(H,17,18). The fraction of sp³-hybridized carbons (Fsp3) is 0.533. The van der Waals surface area contributed by atoms with Gasteiger partial charge < -0.3 is 15.2 Å². The zero-order chi connectivity index (χ0) is 13.5. The molecule has 0 heterocycles. The zero-order valence-corrected chi connectivity index (χ0v) is 11.1. The summed E-state index contributed by atoms with van der Waals surface area (Å²) in [6.07, 6.45) is 6.56. The van der Waals surface area contributed by atoms with Crippen molar-refractivity contribution in [1.29, 1.82) is 0 Å². The van der Waals surface area contributed by atoms with Crippen molar-refractivity contribution in [3.05, 3.63) is 29.8 Å². The Hall–Kier alpha value is -1.55. The molecule has 0 amide bonds. The average molecular weight is 263 g/mol. The van der Waals surface area contributed by atoms with Gasteiger partial charge in [-0.15, -0.1) is 0 Å². The van der Waals surface area contributed by atoms with Gasteiger partial charge in [0.2, 0.25) is 0 Å². The van der Waals surface area contributed by atoms with Gasteiger partial charge in [-0.05, 0) is 25.0 Å². The minimum Gasteiger partial charge on any atom is -0.478 e. The molecule has 1 aromatic carbocycles. The molecule has 4 heteroatoms. The molecule has 2 rings (SSSR count). The van der Waals surface area contributed by atoms with E-state index in [0.29, 0.717) is 30.5 Å². The molecule has 1 fully saturated rings. The third-order valence-electron chi connectivity index (χ3n) is 3.48. The number of carbonyl (C=O) groups is 1. The maximum Gasteiger partial charge on any atom is 0.337 e. The van der Waals surface area contributed by atoms with E-state index >= 15 is 0 Å². The Kier molecular flexibility index (Phi) is 5.21. The van der Waals surface area contributed by atoms with Gasteiger partial charge in [0.25, 0.3) is 0 Å². The first-order valence-electron chi connectivity index (χ1n) is 6.95. The highest BCUT2D eigenvalue weighted by Crippen LogP contribution is 2.20. The molecule has 1 saturated carbocycles. The van der Waals surface area contributed by atoms with Crippen LogP contribution in [0.1, 0.15) is 42.5 Å². The number of benzene rings is 1. The normalized spacial score (nSPS) is 16.2. The van der Waals surface area contributed by atoms with Gasteiger partial charge in [-0.1, -0.05) is 31.4 Å². The smallest absolute Gasteiger partial charge is 0.337 e. The van der Waals surface area contributed by atoms with Gasteiger partial charge in [0.05, 0.1) is 18.3 Å². The molecule has 1 aliphatic rings. The summed E-state index contributed by atoms with van der Waals surface area (Å²) in [6.45, 7) is 1.26. The van der Waals surface area contributed by atoms with Gasteiger partial charge >= 0.3 is 5.97 Å². The van der Waals surface area contributed by atoms with E-state index in [2.05, 4.69) is 5.32 Å². The van der Waals surface area contributed by atoms with Gasteiger partial charge in [0.1, 0.15) is 0 Å². The summed E-state index contributed by atoms with van der Waals surface area (Å²) in [5.74, 6) is -0.906. The molecular formula is C15H21NO3. The predicted octanol–water partition coefficient (Wildman–Crippen LogP) is 3.15. The van der Waals surface area contributed by atoms with Crippen molar-refractivity contribution in [2.75, 3.05) is 18.5 Å². The van der Waals surface area contributed by atoms with Crippen LogP contribution in [0.3, 0.4) is 0 Å². The van der Waals surface area contributed by atoms with Crippen LogP contribution in [0.4, 0.5) is 5.69 Å². The Labute approximate surface area is 113 Å². The topological polar surface area (TPSA) is 58.6 Å². The molecule has 1 aliphatic carbocycles. The summed E-state index contributed by atoms with van der Waals surface area (Å²) < 4.78 is 5.80. The van der Waals surface area contributed by atoms with Crippen LogP contribution in [0.25, 0.3) is 0 Å². The Morgan fingerprint density at radius 1 is 1.26 bits per heavy atom.